The molecule has 0 fully saturated rings. The van der Waals surface area contributed by atoms with E-state index in [0.29, 0.717) is 5.56 Å². The Bertz CT molecular complexity index is 1480. The monoisotopic (exact) mass is 450 g/mol. The van der Waals surface area contributed by atoms with Crippen molar-refractivity contribution in [3.05, 3.63) is 105 Å². The first-order chi connectivity index (χ1) is 15.2. The molecule has 7 nitrogen and oxygen atoms in total. The van der Waals surface area contributed by atoms with Crippen LogP contribution in [0.2, 0.25) is 0 Å². The highest BCUT2D eigenvalue weighted by Crippen LogP contribution is 2.36. The summed E-state index contributed by atoms with van der Waals surface area (Å²) in [6.07, 6.45) is 0. The molecule has 162 valence electrons. The van der Waals surface area contributed by atoms with Gasteiger partial charge in [-0.25, -0.2) is 4.79 Å². The first-order valence-corrected chi connectivity index (χ1v) is 11.0. The molecule has 0 aliphatic rings. The van der Waals surface area contributed by atoms with Crippen molar-refractivity contribution in [2.75, 3.05) is 0 Å². The average molecular weight is 450 g/mol. The molecule has 8 heteroatoms. The molecular formula is C24H18O7S. The third kappa shape index (κ3) is 3.93. The van der Waals surface area contributed by atoms with Gasteiger partial charge in [-0.05, 0) is 36.8 Å². The second-order valence-corrected chi connectivity index (χ2v) is 8.78. The number of ketones is 1. The molecule has 2 N–H and O–H groups in total. The fraction of sp³-hybridized carbons (Fsp3) is 0.0833. The zero-order valence-electron chi connectivity index (χ0n) is 16.8. The smallest absolute Gasteiger partial charge is 0.344 e. The fourth-order valence-electron chi connectivity index (χ4n) is 3.57. The number of carbonyl (C=O) groups is 1. The molecule has 32 heavy (non-hydrogen) atoms. The van der Waals surface area contributed by atoms with Crippen LogP contribution >= 0.6 is 0 Å². The zero-order valence-corrected chi connectivity index (χ0v) is 17.7. The van der Waals surface area contributed by atoms with Gasteiger partial charge in [-0.1, -0.05) is 54.1 Å². The summed E-state index contributed by atoms with van der Waals surface area (Å²) >= 11 is 0. The van der Waals surface area contributed by atoms with Gasteiger partial charge in [0, 0.05) is 5.56 Å². The predicted octanol–water partition coefficient (Wildman–Crippen LogP) is 4.07. The minimum atomic E-state index is -4.45. The van der Waals surface area contributed by atoms with Crippen molar-refractivity contribution >= 4 is 26.9 Å². The van der Waals surface area contributed by atoms with Crippen molar-refractivity contribution in [3.63, 3.8) is 0 Å². The third-order valence-electron chi connectivity index (χ3n) is 5.22. The van der Waals surface area contributed by atoms with Gasteiger partial charge in [0.05, 0.1) is 21.8 Å². The highest BCUT2D eigenvalue weighted by molar-refractivity contribution is 7.85. The van der Waals surface area contributed by atoms with E-state index in [-0.39, 0.29) is 32.7 Å². The Morgan fingerprint density at radius 3 is 2.19 bits per heavy atom. The van der Waals surface area contributed by atoms with Crippen LogP contribution in [0, 0.1) is 6.92 Å². The molecule has 1 atom stereocenters. The molecular weight excluding hydrogens is 432 g/mol. The van der Waals surface area contributed by atoms with E-state index in [1.54, 1.807) is 42.5 Å². The number of fused-ring (bicyclic) bond motifs is 1. The van der Waals surface area contributed by atoms with Crippen LogP contribution < -0.4 is 5.63 Å². The Kier molecular flexibility index (Phi) is 5.41. The average Bonchev–Trinajstić information content (AvgIpc) is 2.76. The van der Waals surface area contributed by atoms with Crippen molar-refractivity contribution in [1.29, 1.82) is 0 Å². The van der Waals surface area contributed by atoms with Crippen molar-refractivity contribution in [3.8, 4) is 5.75 Å². The van der Waals surface area contributed by atoms with Crippen molar-refractivity contribution in [1.82, 2.24) is 0 Å². The summed E-state index contributed by atoms with van der Waals surface area (Å²) in [7, 11) is -4.45. The maximum atomic E-state index is 13.5. The summed E-state index contributed by atoms with van der Waals surface area (Å²) in [5.74, 6) is -2.14. The van der Waals surface area contributed by atoms with Crippen LogP contribution in [0.15, 0.2) is 86.9 Å². The zero-order chi connectivity index (χ0) is 23.0. The van der Waals surface area contributed by atoms with E-state index in [1.165, 1.54) is 18.2 Å². The van der Waals surface area contributed by atoms with Gasteiger partial charge < -0.3 is 9.52 Å². The number of Topliss-reactive ketones (excluding diaryl/α,β-unsaturated/α-hetero) is 1. The molecule has 0 radical (unpaired) electrons. The van der Waals surface area contributed by atoms with Crippen molar-refractivity contribution in [2.45, 2.75) is 17.7 Å². The summed E-state index contributed by atoms with van der Waals surface area (Å²) in [4.78, 5) is 26.0. The van der Waals surface area contributed by atoms with E-state index < -0.39 is 27.4 Å². The second-order valence-electron chi connectivity index (χ2n) is 7.36. The van der Waals surface area contributed by atoms with E-state index >= 15 is 0 Å². The first kappa shape index (κ1) is 21.5. The Morgan fingerprint density at radius 1 is 0.938 bits per heavy atom. The summed E-state index contributed by atoms with van der Waals surface area (Å²) in [6, 6.07) is 18.0. The van der Waals surface area contributed by atoms with Gasteiger partial charge in [0.25, 0.3) is 10.1 Å². The molecule has 0 saturated heterocycles. The third-order valence-corrected chi connectivity index (χ3v) is 6.09. The van der Waals surface area contributed by atoms with Crippen LogP contribution in [-0.2, 0) is 10.1 Å². The number of hydrogen-bond donors (Lipinski definition) is 2. The number of rotatable bonds is 5. The van der Waals surface area contributed by atoms with Gasteiger partial charge in [-0.3, -0.25) is 9.35 Å². The number of aromatic hydroxyl groups is 1. The maximum absolute atomic E-state index is 13.5. The number of aryl methyl sites for hydroxylation is 1. The van der Waals surface area contributed by atoms with E-state index in [0.717, 1.165) is 17.7 Å². The normalized spacial score (nSPS) is 12.6. The fourth-order valence-corrected chi connectivity index (χ4v) is 4.05. The lowest BCUT2D eigenvalue weighted by molar-refractivity contribution is 0.0971. The maximum Gasteiger partial charge on any atom is 0.344 e. The summed E-state index contributed by atoms with van der Waals surface area (Å²) in [6.45, 7) is 1.86. The minimum Gasteiger partial charge on any atom is -0.507 e. The van der Waals surface area contributed by atoms with Crippen LogP contribution in [0.1, 0.15) is 33.0 Å². The van der Waals surface area contributed by atoms with Crippen LogP contribution in [0.25, 0.3) is 11.0 Å². The van der Waals surface area contributed by atoms with Crippen molar-refractivity contribution in [2.24, 2.45) is 0 Å². The molecule has 4 aromatic rings. The van der Waals surface area contributed by atoms with Crippen molar-refractivity contribution < 1.29 is 27.3 Å². The van der Waals surface area contributed by atoms with E-state index in [2.05, 4.69) is 0 Å². The molecule has 0 saturated carbocycles. The summed E-state index contributed by atoms with van der Waals surface area (Å²) in [5, 5.41) is 11.2. The van der Waals surface area contributed by atoms with E-state index in [9.17, 15) is 27.7 Å². The largest absolute Gasteiger partial charge is 0.507 e. The van der Waals surface area contributed by atoms with Gasteiger partial charge in [0.2, 0.25) is 0 Å². The molecule has 1 unspecified atom stereocenters. The van der Waals surface area contributed by atoms with E-state index in [4.69, 9.17) is 4.42 Å². The number of hydrogen-bond acceptors (Lipinski definition) is 6. The molecule has 4 rings (SSSR count). The van der Waals surface area contributed by atoms with E-state index in [1.807, 2.05) is 6.92 Å². The summed E-state index contributed by atoms with van der Waals surface area (Å²) < 4.78 is 37.4. The second kappa shape index (κ2) is 8.07. The lowest BCUT2D eigenvalue weighted by atomic mass is 9.84. The summed E-state index contributed by atoms with van der Waals surface area (Å²) in [5.41, 5.74) is 0.511. The molecule has 0 amide bonds. The Hall–Kier alpha value is -3.75. The minimum absolute atomic E-state index is 0.169. The number of benzene rings is 3. The van der Waals surface area contributed by atoms with Crippen LogP contribution in [0.4, 0.5) is 0 Å². The van der Waals surface area contributed by atoms with Crippen LogP contribution in [0.3, 0.4) is 0 Å². The highest BCUT2D eigenvalue weighted by atomic mass is 32.2. The molecule has 0 spiro atoms. The Labute approximate surface area is 183 Å². The van der Waals surface area contributed by atoms with Gasteiger partial charge in [0.15, 0.2) is 5.78 Å². The lowest BCUT2D eigenvalue weighted by Gasteiger charge is -2.18. The van der Waals surface area contributed by atoms with Gasteiger partial charge in [-0.2, -0.15) is 8.42 Å². The van der Waals surface area contributed by atoms with Crippen LogP contribution in [0.5, 0.6) is 5.75 Å². The number of para-hydroxylation sites is 1. The van der Waals surface area contributed by atoms with Gasteiger partial charge >= 0.3 is 5.63 Å². The molecule has 3 aromatic carbocycles. The Balaban J connectivity index is 1.96. The standard InChI is InChI=1S/C24H18O7S/c1-14-6-8-16(9-7-14)22(25)20(15-10-12-17(13-11-15)32(28,29)30)21-23(26)18-4-2-3-5-19(18)31-24(21)27/h2-13,20,26H,1H3,(H,28,29,30). The highest BCUT2D eigenvalue weighted by Gasteiger charge is 2.31. The predicted molar refractivity (Wildman–Crippen MR) is 118 cm³/mol. The van der Waals surface area contributed by atoms with Gasteiger partial charge in [0.1, 0.15) is 11.3 Å². The topological polar surface area (TPSA) is 122 Å². The number of carbonyl (C=O) groups excluding carboxylic acids is 1. The first-order valence-electron chi connectivity index (χ1n) is 9.60. The molecule has 0 aliphatic heterocycles. The molecule has 0 bridgehead atoms. The lowest BCUT2D eigenvalue weighted by Crippen LogP contribution is -2.22. The van der Waals surface area contributed by atoms with Gasteiger partial charge in [-0.15, -0.1) is 0 Å². The molecule has 1 heterocycles. The molecule has 0 aliphatic carbocycles. The molecule has 1 aromatic heterocycles. The Morgan fingerprint density at radius 2 is 1.56 bits per heavy atom. The van der Waals surface area contributed by atoms with Crippen LogP contribution in [-0.4, -0.2) is 23.9 Å². The quantitative estimate of drug-likeness (QED) is 0.267. The SMILES string of the molecule is Cc1ccc(C(=O)C(c2ccc(S(=O)(=O)O)cc2)c2c(O)c3ccccc3oc2=O)cc1.